The molecule has 8 nitrogen and oxygen atoms in total. The van der Waals surface area contributed by atoms with Gasteiger partial charge in [0, 0.05) is 39.6 Å². The SMILES string of the molecule is CN(C)C(=O)CN=C(NCCc1ccco1)N(C)CC(=O)NC(C)(C)C.I. The second-order valence-electron chi connectivity index (χ2n) is 7.34. The minimum atomic E-state index is -0.303. The lowest BCUT2D eigenvalue weighted by Gasteiger charge is -2.25. The van der Waals surface area contributed by atoms with Gasteiger partial charge < -0.3 is 24.9 Å². The summed E-state index contributed by atoms with van der Waals surface area (Å²) < 4.78 is 5.31. The number of hydrogen-bond donors (Lipinski definition) is 2. The highest BCUT2D eigenvalue weighted by Crippen LogP contribution is 2.01. The highest BCUT2D eigenvalue weighted by atomic mass is 127. The zero-order valence-electron chi connectivity index (χ0n) is 17.0. The summed E-state index contributed by atoms with van der Waals surface area (Å²) in [6.07, 6.45) is 2.30. The molecule has 0 aromatic carbocycles. The van der Waals surface area contributed by atoms with Crippen molar-refractivity contribution in [3.63, 3.8) is 0 Å². The Morgan fingerprint density at radius 1 is 1.22 bits per heavy atom. The molecule has 154 valence electrons. The van der Waals surface area contributed by atoms with E-state index in [4.69, 9.17) is 4.42 Å². The van der Waals surface area contributed by atoms with Crippen molar-refractivity contribution < 1.29 is 14.0 Å². The van der Waals surface area contributed by atoms with Crippen molar-refractivity contribution >= 4 is 41.8 Å². The average molecular weight is 493 g/mol. The third-order valence-electron chi connectivity index (χ3n) is 3.35. The molecule has 0 aliphatic rings. The summed E-state index contributed by atoms with van der Waals surface area (Å²) in [4.78, 5) is 31.5. The number of likely N-dealkylation sites (N-methyl/N-ethyl adjacent to an activating group) is 2. The number of carbonyl (C=O) groups is 2. The van der Waals surface area contributed by atoms with Gasteiger partial charge in [-0.25, -0.2) is 4.99 Å². The molecule has 0 aliphatic carbocycles. The van der Waals surface area contributed by atoms with Gasteiger partial charge in [0.05, 0.1) is 12.8 Å². The smallest absolute Gasteiger partial charge is 0.243 e. The molecule has 1 heterocycles. The van der Waals surface area contributed by atoms with Crippen molar-refractivity contribution in [2.24, 2.45) is 4.99 Å². The second-order valence-corrected chi connectivity index (χ2v) is 7.34. The number of furan rings is 1. The fourth-order valence-corrected chi connectivity index (χ4v) is 2.10. The second kappa shape index (κ2) is 11.8. The first kappa shape index (κ1) is 25.2. The van der Waals surface area contributed by atoms with Gasteiger partial charge in [-0.05, 0) is 32.9 Å². The molecule has 0 fully saturated rings. The van der Waals surface area contributed by atoms with E-state index >= 15 is 0 Å². The minimum Gasteiger partial charge on any atom is -0.469 e. The molecule has 0 saturated carbocycles. The van der Waals surface area contributed by atoms with E-state index in [9.17, 15) is 9.59 Å². The Hall–Kier alpha value is -1.78. The van der Waals surface area contributed by atoms with Gasteiger partial charge in [0.2, 0.25) is 11.8 Å². The molecule has 2 N–H and O–H groups in total. The molecule has 9 heteroatoms. The standard InChI is InChI=1S/C18H31N5O3.HI/c1-18(2,3)21-15(24)13-23(6)17(20-12-16(25)22(4)5)19-10-9-14-8-7-11-26-14;/h7-8,11H,9-10,12-13H2,1-6H3,(H,19,20)(H,21,24);1H. The Labute approximate surface area is 178 Å². The third kappa shape index (κ3) is 10.8. The van der Waals surface area contributed by atoms with Gasteiger partial charge in [-0.1, -0.05) is 0 Å². The van der Waals surface area contributed by atoms with Gasteiger partial charge in [0.15, 0.2) is 5.96 Å². The van der Waals surface area contributed by atoms with E-state index in [0.717, 1.165) is 5.76 Å². The van der Waals surface area contributed by atoms with E-state index in [-0.39, 0.29) is 54.4 Å². The lowest BCUT2D eigenvalue weighted by molar-refractivity contribution is -0.127. The van der Waals surface area contributed by atoms with E-state index in [2.05, 4.69) is 15.6 Å². The van der Waals surface area contributed by atoms with Crippen LogP contribution in [0.25, 0.3) is 0 Å². The van der Waals surface area contributed by atoms with Crippen LogP contribution in [-0.2, 0) is 16.0 Å². The highest BCUT2D eigenvalue weighted by Gasteiger charge is 2.17. The maximum Gasteiger partial charge on any atom is 0.243 e. The monoisotopic (exact) mass is 493 g/mol. The predicted octanol–water partition coefficient (Wildman–Crippen LogP) is 1.32. The topological polar surface area (TPSA) is 90.2 Å². The van der Waals surface area contributed by atoms with Gasteiger partial charge >= 0.3 is 0 Å². The Morgan fingerprint density at radius 3 is 2.41 bits per heavy atom. The number of halogens is 1. The molecule has 0 bridgehead atoms. The third-order valence-corrected chi connectivity index (χ3v) is 3.35. The number of nitrogens with zero attached hydrogens (tertiary/aromatic N) is 3. The van der Waals surface area contributed by atoms with E-state index in [1.165, 1.54) is 4.90 Å². The van der Waals surface area contributed by atoms with Crippen LogP contribution in [0, 0.1) is 0 Å². The molecule has 0 spiro atoms. The van der Waals surface area contributed by atoms with Crippen LogP contribution >= 0.6 is 24.0 Å². The summed E-state index contributed by atoms with van der Waals surface area (Å²) in [5.41, 5.74) is -0.303. The molecule has 0 radical (unpaired) electrons. The van der Waals surface area contributed by atoms with Gasteiger partial charge in [0.1, 0.15) is 12.3 Å². The number of aliphatic imine (C=N–C) groups is 1. The summed E-state index contributed by atoms with van der Waals surface area (Å²) in [5, 5.41) is 6.10. The molecule has 0 saturated heterocycles. The lowest BCUT2D eigenvalue weighted by atomic mass is 10.1. The Bertz CT molecular complexity index is 609. The lowest BCUT2D eigenvalue weighted by Crippen LogP contribution is -2.49. The van der Waals surface area contributed by atoms with Crippen LogP contribution in [0.2, 0.25) is 0 Å². The van der Waals surface area contributed by atoms with Gasteiger partial charge in [-0.15, -0.1) is 24.0 Å². The summed E-state index contributed by atoms with van der Waals surface area (Å²) in [6.45, 7) is 6.51. The Balaban J connectivity index is 0.00000676. The van der Waals surface area contributed by atoms with E-state index in [0.29, 0.717) is 18.9 Å². The van der Waals surface area contributed by atoms with Crippen LogP contribution in [0.5, 0.6) is 0 Å². The largest absolute Gasteiger partial charge is 0.469 e. The molecule has 1 aromatic rings. The molecular weight excluding hydrogens is 461 g/mol. The highest BCUT2D eigenvalue weighted by molar-refractivity contribution is 14.0. The molecule has 1 rings (SSSR count). The van der Waals surface area contributed by atoms with Crippen LogP contribution in [0.1, 0.15) is 26.5 Å². The molecule has 1 aromatic heterocycles. The first-order valence-electron chi connectivity index (χ1n) is 8.61. The zero-order valence-corrected chi connectivity index (χ0v) is 19.4. The maximum atomic E-state index is 12.2. The van der Waals surface area contributed by atoms with Crippen LogP contribution in [-0.4, -0.2) is 73.9 Å². The van der Waals surface area contributed by atoms with Crippen molar-refractivity contribution in [3.8, 4) is 0 Å². The quantitative estimate of drug-likeness (QED) is 0.340. The van der Waals surface area contributed by atoms with E-state index in [1.54, 1.807) is 32.3 Å². The predicted molar refractivity (Wildman–Crippen MR) is 117 cm³/mol. The number of amides is 2. The minimum absolute atomic E-state index is 0. The van der Waals surface area contributed by atoms with E-state index in [1.807, 2.05) is 32.9 Å². The average Bonchev–Trinajstić information content (AvgIpc) is 3.01. The first-order chi connectivity index (χ1) is 12.1. The number of guanidine groups is 1. The molecule has 0 aliphatic heterocycles. The fraction of sp³-hybridized carbons (Fsp3) is 0.611. The zero-order chi connectivity index (χ0) is 19.7. The normalized spacial score (nSPS) is 11.4. The van der Waals surface area contributed by atoms with Crippen molar-refractivity contribution in [1.82, 2.24) is 20.4 Å². The van der Waals surface area contributed by atoms with Crippen molar-refractivity contribution in [1.29, 1.82) is 0 Å². The number of carbonyl (C=O) groups excluding carboxylic acids is 2. The number of nitrogens with one attached hydrogen (secondary N) is 2. The van der Waals surface area contributed by atoms with Crippen LogP contribution in [0.4, 0.5) is 0 Å². The Kier molecular flexibility index (Phi) is 11.1. The van der Waals surface area contributed by atoms with Gasteiger partial charge in [-0.2, -0.15) is 0 Å². The summed E-state index contributed by atoms with van der Waals surface area (Å²) in [5.74, 6) is 1.13. The number of rotatable bonds is 7. The Morgan fingerprint density at radius 2 is 1.89 bits per heavy atom. The first-order valence-corrected chi connectivity index (χ1v) is 8.61. The van der Waals surface area contributed by atoms with Gasteiger partial charge in [-0.3, -0.25) is 9.59 Å². The number of hydrogen-bond acceptors (Lipinski definition) is 4. The van der Waals surface area contributed by atoms with Crippen LogP contribution in [0.3, 0.4) is 0 Å². The molecule has 0 unspecified atom stereocenters. The maximum absolute atomic E-state index is 12.2. The van der Waals surface area contributed by atoms with Crippen LogP contribution < -0.4 is 10.6 Å². The summed E-state index contributed by atoms with van der Waals surface area (Å²) in [6, 6.07) is 3.73. The summed E-state index contributed by atoms with van der Waals surface area (Å²) >= 11 is 0. The van der Waals surface area contributed by atoms with Crippen molar-refractivity contribution in [2.45, 2.75) is 32.7 Å². The molecular formula is C18H32IN5O3. The molecule has 27 heavy (non-hydrogen) atoms. The van der Waals surface area contributed by atoms with E-state index < -0.39 is 0 Å². The fourth-order valence-electron chi connectivity index (χ4n) is 2.10. The molecule has 2 amide bonds. The molecule has 0 atom stereocenters. The van der Waals surface area contributed by atoms with Crippen LogP contribution in [0.15, 0.2) is 27.8 Å². The van der Waals surface area contributed by atoms with Crippen molar-refractivity contribution in [3.05, 3.63) is 24.2 Å². The van der Waals surface area contributed by atoms with Gasteiger partial charge in [0.25, 0.3) is 0 Å². The van der Waals surface area contributed by atoms with Crippen molar-refractivity contribution in [2.75, 3.05) is 40.8 Å². The summed E-state index contributed by atoms with van der Waals surface area (Å²) in [7, 11) is 5.13.